The number of fused-ring (bicyclic) bond motifs is 7. The van der Waals surface area contributed by atoms with E-state index in [0.29, 0.717) is 23.1 Å². The molecule has 0 fully saturated rings. The predicted molar refractivity (Wildman–Crippen MR) is 262 cm³/mol. The van der Waals surface area contributed by atoms with E-state index in [1.807, 2.05) is 35.6 Å². The number of nitrogens with zero attached hydrogens (tertiary/aromatic N) is 3. The van der Waals surface area contributed by atoms with Gasteiger partial charge in [-0.25, -0.2) is 0 Å². The van der Waals surface area contributed by atoms with Crippen molar-refractivity contribution >= 4 is 81.7 Å². The van der Waals surface area contributed by atoms with Crippen LogP contribution < -0.4 is 4.40 Å². The smallest absolute Gasteiger partial charge is 0 e. The summed E-state index contributed by atoms with van der Waals surface area (Å²) in [5, 5.41) is 7.71. The molecule has 61 heavy (non-hydrogen) atoms. The van der Waals surface area contributed by atoms with Crippen LogP contribution in [0.2, 0.25) is 17.3 Å². The Kier molecular flexibility index (Phi) is 10.9. The first-order chi connectivity index (χ1) is 30.1. The summed E-state index contributed by atoms with van der Waals surface area (Å²) in [4.78, 5) is 9.79. The summed E-state index contributed by atoms with van der Waals surface area (Å²) in [5.41, 5.74) is 10.4. The van der Waals surface area contributed by atoms with Gasteiger partial charge < -0.3 is 4.57 Å². The van der Waals surface area contributed by atoms with Crippen LogP contribution in [-0.4, -0.2) is 27.8 Å². The summed E-state index contributed by atoms with van der Waals surface area (Å²) in [5.74, 6) is 8.24. The van der Waals surface area contributed by atoms with E-state index in [9.17, 15) is 0 Å². The van der Waals surface area contributed by atoms with Gasteiger partial charge in [0.05, 0.1) is 16.9 Å². The second-order valence-corrected chi connectivity index (χ2v) is 29.2. The fraction of sp³-hybridized carbons (Fsp3) is 0.200. The molecule has 3 aromatic heterocycles. The van der Waals surface area contributed by atoms with Crippen molar-refractivity contribution in [3.05, 3.63) is 168 Å². The van der Waals surface area contributed by atoms with Gasteiger partial charge in [-0.05, 0) is 85.8 Å². The SMILES string of the molecule is Cc1cc(C(C)C)c(-n2c(-c3[c-]ccc4c3sc3cc5ccc6ccccc6c5cc34)nc3ccccc32)c(C(C)C)c1.[2H]C([2H])([2H])c1cc(-c2[c-]cccc2)nc[c]1[Ge]([CH3])([CH3])[CH3].[Ir]. The summed E-state index contributed by atoms with van der Waals surface area (Å²) in [6, 6.07) is 51.5. The fourth-order valence-corrected chi connectivity index (χ4v) is 12.6. The van der Waals surface area contributed by atoms with Crippen LogP contribution in [0.1, 0.15) is 65.9 Å². The molecule has 0 atom stereocenters. The van der Waals surface area contributed by atoms with Crippen molar-refractivity contribution in [3.8, 4) is 28.3 Å². The van der Waals surface area contributed by atoms with E-state index in [0.717, 1.165) is 32.4 Å². The Hall–Kier alpha value is -4.91. The molecule has 6 heteroatoms. The Bertz CT molecular complexity index is 3320. The van der Waals surface area contributed by atoms with Crippen LogP contribution in [0.4, 0.5) is 0 Å². The molecule has 1 radical (unpaired) electrons. The Labute approximate surface area is 384 Å². The van der Waals surface area contributed by atoms with Crippen LogP contribution in [0.25, 0.3) is 81.1 Å². The van der Waals surface area contributed by atoms with Crippen LogP contribution in [0, 0.1) is 25.9 Å². The molecule has 0 saturated carbocycles. The number of benzene rings is 7. The molecule has 0 aliphatic rings. The second-order valence-electron chi connectivity index (χ2n) is 17.6. The molecule has 0 amide bonds. The quantitative estimate of drug-likeness (QED) is 0.0944. The first kappa shape index (κ1) is 39.0. The Morgan fingerprint density at radius 1 is 0.705 bits per heavy atom. The minimum Gasteiger partial charge on any atom is 0 e. The van der Waals surface area contributed by atoms with Gasteiger partial charge in [-0.3, -0.25) is 4.98 Å². The van der Waals surface area contributed by atoms with Crippen LogP contribution in [0.15, 0.2) is 134 Å². The van der Waals surface area contributed by atoms with E-state index in [4.69, 9.17) is 9.10 Å². The van der Waals surface area contributed by atoms with Gasteiger partial charge >= 0.3 is 110 Å². The average molecular weight is 1050 g/mol. The molecular weight excluding hydrogens is 1000 g/mol. The van der Waals surface area contributed by atoms with Crippen LogP contribution in [-0.2, 0) is 20.1 Å². The van der Waals surface area contributed by atoms with Gasteiger partial charge in [0, 0.05) is 30.5 Å². The number of para-hydroxylation sites is 2. The zero-order chi connectivity index (χ0) is 44.4. The third kappa shape index (κ3) is 8.03. The molecule has 10 rings (SSSR count). The maximum absolute atomic E-state index is 7.78. The molecule has 307 valence electrons. The topological polar surface area (TPSA) is 30.7 Å². The fourth-order valence-electron chi connectivity index (χ4n) is 8.55. The molecule has 0 bridgehead atoms. The Morgan fingerprint density at radius 3 is 2.15 bits per heavy atom. The van der Waals surface area contributed by atoms with E-state index in [2.05, 4.69) is 171 Å². The van der Waals surface area contributed by atoms with Crippen LogP contribution in [0.3, 0.4) is 0 Å². The maximum atomic E-state index is 7.78. The number of pyridine rings is 1. The van der Waals surface area contributed by atoms with Gasteiger partial charge in [0.1, 0.15) is 0 Å². The summed E-state index contributed by atoms with van der Waals surface area (Å²) in [6.07, 6.45) is 1.76. The summed E-state index contributed by atoms with van der Waals surface area (Å²) in [6.45, 7) is 9.32. The summed E-state index contributed by atoms with van der Waals surface area (Å²) < 4.78 is 29.2. The van der Waals surface area contributed by atoms with Gasteiger partial charge in [-0.15, -0.1) is 18.2 Å². The van der Waals surface area contributed by atoms with E-state index >= 15 is 0 Å². The Morgan fingerprint density at radius 2 is 1.43 bits per heavy atom. The van der Waals surface area contributed by atoms with Crippen molar-refractivity contribution in [2.45, 2.75) is 70.6 Å². The third-order valence-corrected chi connectivity index (χ3v) is 17.0. The van der Waals surface area contributed by atoms with E-state index < -0.39 is 20.1 Å². The van der Waals surface area contributed by atoms with Gasteiger partial charge in [-0.1, -0.05) is 105 Å². The summed E-state index contributed by atoms with van der Waals surface area (Å²) >= 11 is -0.410. The molecule has 3 nitrogen and oxygen atoms in total. The second kappa shape index (κ2) is 17.1. The molecule has 0 spiro atoms. The van der Waals surface area contributed by atoms with E-state index in [1.54, 1.807) is 12.3 Å². The first-order valence-electron chi connectivity index (χ1n) is 22.4. The molecule has 0 unspecified atom stereocenters. The van der Waals surface area contributed by atoms with Crippen molar-refractivity contribution < 1.29 is 24.2 Å². The number of hydrogen-bond donors (Lipinski definition) is 0. The van der Waals surface area contributed by atoms with Crippen molar-refractivity contribution in [1.29, 1.82) is 0 Å². The van der Waals surface area contributed by atoms with Crippen molar-refractivity contribution in [3.63, 3.8) is 0 Å². The van der Waals surface area contributed by atoms with E-state index in [1.165, 1.54) is 64.1 Å². The van der Waals surface area contributed by atoms with Crippen molar-refractivity contribution in [1.82, 2.24) is 14.5 Å². The predicted octanol–water partition coefficient (Wildman–Crippen LogP) is 15.1. The molecule has 0 saturated heterocycles. The normalized spacial score (nSPS) is 12.8. The summed E-state index contributed by atoms with van der Waals surface area (Å²) in [7, 11) is 0. The maximum Gasteiger partial charge on any atom is 0 e. The number of aromatic nitrogens is 3. The van der Waals surface area contributed by atoms with E-state index in [-0.39, 0.29) is 20.1 Å². The third-order valence-electron chi connectivity index (χ3n) is 11.6. The van der Waals surface area contributed by atoms with Crippen LogP contribution in [0.5, 0.6) is 0 Å². The zero-order valence-corrected chi connectivity index (χ0v) is 41.2. The van der Waals surface area contributed by atoms with Crippen LogP contribution >= 0.6 is 11.3 Å². The molecular formula is C55H51GeIrN3S-2. The minimum absolute atomic E-state index is 0. The standard InChI is InChI=1S/C40H33N2S.C15H18GeN.Ir/c1-23(2)31-19-25(5)20-32(24(3)4)38(31)42-36-16-9-8-15-35(36)41-40(42)30-14-10-13-29-34-22-33-27(21-37(34)43-39(29)30)18-17-26-11-6-7-12-28(26)33;1-12-10-15(13-8-6-5-7-9-13)17-11-14(12)16(2,3)4;/h6-13,15-24H,1-5H3;5-8,10-11H,1-4H3;/q2*-1;/i;1D3;. The molecule has 7 aromatic carbocycles. The minimum atomic E-state index is -2.27. The molecule has 0 aliphatic heterocycles. The number of aryl methyl sites for hydroxylation is 2. The van der Waals surface area contributed by atoms with Crippen molar-refractivity contribution in [2.24, 2.45) is 0 Å². The van der Waals surface area contributed by atoms with Gasteiger partial charge in [0.25, 0.3) is 0 Å². The largest absolute Gasteiger partial charge is 0 e. The van der Waals surface area contributed by atoms with Gasteiger partial charge in [-0.2, -0.15) is 11.3 Å². The average Bonchev–Trinajstić information content (AvgIpc) is 3.83. The molecule has 0 N–H and O–H groups in total. The number of thiophene rings is 1. The number of imidazole rings is 1. The number of hydrogen-bond acceptors (Lipinski definition) is 3. The first-order valence-corrected chi connectivity index (χ1v) is 29.0. The molecule has 0 aliphatic carbocycles. The molecule has 3 heterocycles. The van der Waals surface area contributed by atoms with Gasteiger partial charge in [0.15, 0.2) is 0 Å². The molecule has 10 aromatic rings. The zero-order valence-electron chi connectivity index (χ0n) is 38.9. The van der Waals surface area contributed by atoms with Crippen molar-refractivity contribution in [2.75, 3.05) is 0 Å². The Balaban J connectivity index is 0.000000225. The number of rotatable bonds is 6. The monoisotopic (exact) mass is 1060 g/mol. The van der Waals surface area contributed by atoms with Gasteiger partial charge in [0.2, 0.25) is 0 Å².